The van der Waals surface area contributed by atoms with Gasteiger partial charge in [0.2, 0.25) is 0 Å². The van der Waals surface area contributed by atoms with E-state index < -0.39 is 3.17 Å². The van der Waals surface area contributed by atoms with Gasteiger partial charge < -0.3 is 0 Å². The van der Waals surface area contributed by atoms with Crippen molar-refractivity contribution in [2.45, 2.75) is 10.1 Å². The second-order valence-corrected chi connectivity index (χ2v) is 2.76. The van der Waals surface area contributed by atoms with Crippen LogP contribution in [0.4, 0.5) is 0 Å². The Kier molecular flexibility index (Phi) is 4.78. The van der Waals surface area contributed by atoms with Gasteiger partial charge in [0.05, 0.1) is 0 Å². The summed E-state index contributed by atoms with van der Waals surface area (Å²) in [4.78, 5) is 10.6. The topological polar surface area (TPSA) is 50.1 Å². The first kappa shape index (κ1) is 8.96. The second-order valence-electron chi connectivity index (χ2n) is 1.60. The molecule has 0 amide bonds. The molecule has 44 valence electrons. The maximum absolute atomic E-state index is 10.6. The number of carbonyl (C=O) groups excluding carboxylic acids is 1. The molecule has 0 radical (unpaired) electrons. The number of carbonyl (C=O) groups is 1. The molecule has 0 saturated heterocycles. The third kappa shape index (κ3) is 3.52. The average molecular weight is 135 g/mol. The van der Waals surface area contributed by atoms with Crippen molar-refractivity contribution in [2.24, 2.45) is 0 Å². The van der Waals surface area contributed by atoms with Gasteiger partial charge >= 0.3 is 71.5 Å². The van der Waals surface area contributed by atoms with Crippen LogP contribution in [-0.4, -0.2) is 40.5 Å². The summed E-state index contributed by atoms with van der Waals surface area (Å²) in [6.07, 6.45) is 0. The Labute approximate surface area is 71.4 Å². The molecule has 0 saturated carbocycles. The molecule has 0 rings (SSSR count). The number of ether oxygens (including phenoxy) is 1. The van der Waals surface area contributed by atoms with Gasteiger partial charge in [0.25, 0.3) is 0 Å². The van der Waals surface area contributed by atoms with E-state index in [-0.39, 0.29) is 5.97 Å². The number of rotatable bonds is 2. The number of esters is 1. The molecule has 9 heavy (non-hydrogen) atoms. The van der Waals surface area contributed by atoms with Gasteiger partial charge in [-0.2, -0.15) is 0 Å². The van der Waals surface area contributed by atoms with E-state index in [2.05, 4.69) is 4.74 Å². The van der Waals surface area contributed by atoms with E-state index in [1.807, 2.05) is 6.07 Å². The van der Waals surface area contributed by atoms with Crippen molar-refractivity contribution in [1.29, 1.82) is 5.26 Å². The number of nitrogens with zero attached hydrogens (tertiary/aromatic N) is 1. The van der Waals surface area contributed by atoms with E-state index >= 15 is 0 Å². The van der Waals surface area contributed by atoms with Gasteiger partial charge in [-0.3, -0.25) is 0 Å². The zero-order chi connectivity index (χ0) is 7.28. The van der Waals surface area contributed by atoms with Gasteiger partial charge in [0.15, 0.2) is 0 Å². The fourth-order valence-electron chi connectivity index (χ4n) is 0.320. The molecular formula is C5H6NNaO2. The van der Waals surface area contributed by atoms with E-state index in [0.29, 0.717) is 34.5 Å². The van der Waals surface area contributed by atoms with Crippen molar-refractivity contribution in [3.63, 3.8) is 0 Å². The van der Waals surface area contributed by atoms with Crippen LogP contribution in [0.2, 0.25) is 3.17 Å². The fourth-order valence-corrected chi connectivity index (χ4v) is 0.487. The summed E-state index contributed by atoms with van der Waals surface area (Å²) in [5.74, 6) is -0.383. The first-order chi connectivity index (χ1) is 4.22. The molecule has 1 unspecified atom stereocenters. The minimum absolute atomic E-state index is 0.360. The van der Waals surface area contributed by atoms with E-state index in [4.69, 9.17) is 5.26 Å². The average Bonchev–Trinajstić information content (AvgIpc) is 1.87. The molecule has 0 aliphatic carbocycles. The van der Waals surface area contributed by atoms with Crippen LogP contribution < -0.4 is 0 Å². The van der Waals surface area contributed by atoms with Gasteiger partial charge in [-0.1, -0.05) is 0 Å². The molecule has 4 heteroatoms. The molecular weight excluding hydrogens is 129 g/mol. The molecule has 0 aliphatic heterocycles. The van der Waals surface area contributed by atoms with Crippen LogP contribution >= 0.6 is 0 Å². The monoisotopic (exact) mass is 135 g/mol. The summed E-state index contributed by atoms with van der Waals surface area (Å²) < 4.78 is 4.07. The summed E-state index contributed by atoms with van der Waals surface area (Å²) in [6, 6.07) is 1.84. The van der Waals surface area contributed by atoms with Crippen LogP contribution in [0.5, 0.6) is 0 Å². The van der Waals surface area contributed by atoms with Crippen molar-refractivity contribution in [3.8, 4) is 6.07 Å². The van der Waals surface area contributed by atoms with Crippen LogP contribution in [0.15, 0.2) is 0 Å². The van der Waals surface area contributed by atoms with Crippen molar-refractivity contribution < 1.29 is 9.53 Å². The minimum atomic E-state index is -0.495. The third-order valence-corrected chi connectivity index (χ3v) is 1.56. The molecule has 0 aromatic rings. The Morgan fingerprint density at radius 2 is 2.56 bits per heavy atom. The Hall–Kier alpha value is -0.0400. The molecule has 3 nitrogen and oxygen atoms in total. The maximum atomic E-state index is 10.6. The van der Waals surface area contributed by atoms with Gasteiger partial charge in [-0.05, 0) is 0 Å². The van der Waals surface area contributed by atoms with Crippen LogP contribution in [0.25, 0.3) is 0 Å². The van der Waals surface area contributed by atoms with Crippen LogP contribution in [0.1, 0.15) is 6.92 Å². The standard InChI is InChI=1S/C5H6NO2.Na/c1-2-8-5(7)3-4-6;/h3H,2H2,1H3;. The molecule has 0 aliphatic rings. The second kappa shape index (κ2) is 4.80. The van der Waals surface area contributed by atoms with Crippen molar-refractivity contribution in [3.05, 3.63) is 0 Å². The van der Waals surface area contributed by atoms with Crippen LogP contribution in [-0.2, 0) is 9.53 Å². The van der Waals surface area contributed by atoms with E-state index in [1.165, 1.54) is 0 Å². The van der Waals surface area contributed by atoms with E-state index in [1.54, 1.807) is 6.92 Å². The molecule has 1 atom stereocenters. The molecule has 0 aromatic carbocycles. The Morgan fingerprint density at radius 1 is 2.00 bits per heavy atom. The molecule has 0 aromatic heterocycles. The van der Waals surface area contributed by atoms with E-state index in [0.717, 1.165) is 0 Å². The molecule has 0 heterocycles. The Morgan fingerprint density at radius 3 is 2.89 bits per heavy atom. The SMILES string of the molecule is CCOC(=O)[CH]([Na])C#N. The molecule has 0 spiro atoms. The van der Waals surface area contributed by atoms with Gasteiger partial charge in [-0.15, -0.1) is 0 Å². The van der Waals surface area contributed by atoms with Crippen LogP contribution in [0.3, 0.4) is 0 Å². The van der Waals surface area contributed by atoms with Crippen LogP contribution in [0, 0.1) is 11.3 Å². The summed E-state index contributed by atoms with van der Waals surface area (Å²) in [5, 5.41) is 8.22. The van der Waals surface area contributed by atoms with Crippen molar-refractivity contribution in [1.82, 2.24) is 0 Å². The Bertz CT molecular complexity index is 140. The first-order valence-electron chi connectivity index (χ1n) is 2.78. The Balaban J connectivity index is 3.63. The van der Waals surface area contributed by atoms with Crippen molar-refractivity contribution >= 4 is 33.9 Å². The normalized spacial score (nSPS) is 11.8. The van der Waals surface area contributed by atoms with Gasteiger partial charge in [0, 0.05) is 0 Å². The van der Waals surface area contributed by atoms with E-state index in [9.17, 15) is 4.79 Å². The number of hydrogen-bond donors (Lipinski definition) is 0. The van der Waals surface area contributed by atoms with Crippen molar-refractivity contribution in [2.75, 3.05) is 6.61 Å². The third-order valence-electron chi connectivity index (χ3n) is 0.834. The number of nitriles is 1. The quantitative estimate of drug-likeness (QED) is 0.396. The van der Waals surface area contributed by atoms with Gasteiger partial charge in [0.1, 0.15) is 0 Å². The summed E-state index contributed by atoms with van der Waals surface area (Å²) in [5.41, 5.74) is 0. The predicted molar refractivity (Wildman–Crippen MR) is 31.7 cm³/mol. The number of hydrogen-bond acceptors (Lipinski definition) is 3. The molecule has 0 N–H and O–H groups in total. The fraction of sp³-hybridized carbons (Fsp3) is 0.600. The zero-order valence-electron chi connectivity index (χ0n) is 5.55. The zero-order valence-corrected chi connectivity index (χ0v) is 7.55. The molecule has 0 fully saturated rings. The summed E-state index contributed by atoms with van der Waals surface area (Å²) in [6.45, 7) is 2.09. The summed E-state index contributed by atoms with van der Waals surface area (Å²) in [7, 11) is 0. The van der Waals surface area contributed by atoms with Gasteiger partial charge in [-0.25, -0.2) is 0 Å². The molecule has 0 bridgehead atoms. The predicted octanol–water partition coefficient (Wildman–Crippen LogP) is 0.0301. The first-order valence-corrected chi connectivity index (χ1v) is 3.94. The summed E-state index contributed by atoms with van der Waals surface area (Å²) >= 11 is 0.552.